The Labute approximate surface area is 121 Å². The largest absolute Gasteiger partial charge is 0.506 e. The minimum atomic E-state index is -0.584. The van der Waals surface area contributed by atoms with Gasteiger partial charge in [-0.25, -0.2) is 0 Å². The van der Waals surface area contributed by atoms with Crippen LogP contribution in [0.4, 0.5) is 0 Å². The van der Waals surface area contributed by atoms with Crippen molar-refractivity contribution < 1.29 is 5.11 Å². The van der Waals surface area contributed by atoms with Crippen molar-refractivity contribution >= 4 is 23.2 Å². The molecule has 0 radical (unpaired) electrons. The van der Waals surface area contributed by atoms with E-state index in [1.807, 2.05) is 13.0 Å². The molecule has 0 aromatic carbocycles. The van der Waals surface area contributed by atoms with E-state index in [0.717, 1.165) is 5.57 Å². The van der Waals surface area contributed by atoms with Gasteiger partial charge in [0, 0.05) is 5.92 Å². The first kappa shape index (κ1) is 15.9. The van der Waals surface area contributed by atoms with Crippen molar-refractivity contribution in [3.63, 3.8) is 0 Å². The number of aliphatic hydroxyl groups is 1. The Morgan fingerprint density at radius 1 is 1.17 bits per heavy atom. The summed E-state index contributed by atoms with van der Waals surface area (Å²) < 4.78 is 0. The van der Waals surface area contributed by atoms with Gasteiger partial charge in [0.15, 0.2) is 0 Å². The highest BCUT2D eigenvalue weighted by Gasteiger charge is 2.49. The summed E-state index contributed by atoms with van der Waals surface area (Å²) in [5, 5.41) is 10.7. The molecule has 3 heteroatoms. The number of rotatable bonds is 0. The van der Waals surface area contributed by atoms with E-state index in [0.29, 0.717) is 5.03 Å². The summed E-state index contributed by atoms with van der Waals surface area (Å²) in [4.78, 5) is -0.584. The van der Waals surface area contributed by atoms with Crippen LogP contribution in [0.25, 0.3) is 0 Å². The Hall–Kier alpha value is -0.140. The average molecular weight is 291 g/mol. The van der Waals surface area contributed by atoms with Gasteiger partial charge in [0.05, 0.1) is 9.91 Å². The molecule has 1 aliphatic carbocycles. The summed E-state index contributed by atoms with van der Waals surface area (Å²) in [6, 6.07) is 0. The highest BCUT2D eigenvalue weighted by Crippen LogP contribution is 2.53. The number of halogens is 2. The second-order valence-corrected chi connectivity index (χ2v) is 8.28. The number of allylic oxidation sites excluding steroid dienone is 3. The van der Waals surface area contributed by atoms with Gasteiger partial charge >= 0.3 is 0 Å². The molecule has 0 saturated heterocycles. The molecule has 1 aliphatic rings. The summed E-state index contributed by atoms with van der Waals surface area (Å²) in [7, 11) is 0. The minimum absolute atomic E-state index is 0.105. The number of hydrogen-bond donors (Lipinski definition) is 1. The highest BCUT2D eigenvalue weighted by atomic mass is 35.5. The highest BCUT2D eigenvalue weighted by molar-refractivity contribution is 6.33. The van der Waals surface area contributed by atoms with Crippen molar-refractivity contribution in [1.29, 1.82) is 0 Å². The maximum Gasteiger partial charge on any atom is 0.133 e. The molecule has 104 valence electrons. The number of alkyl halides is 1. The van der Waals surface area contributed by atoms with E-state index in [9.17, 15) is 5.11 Å². The fraction of sp³-hybridized carbons (Fsp3) is 0.733. The lowest BCUT2D eigenvalue weighted by Crippen LogP contribution is -2.45. The first-order valence-electron chi connectivity index (χ1n) is 6.33. The van der Waals surface area contributed by atoms with Crippen molar-refractivity contribution in [3.05, 3.63) is 22.4 Å². The van der Waals surface area contributed by atoms with E-state index in [4.69, 9.17) is 23.2 Å². The maximum absolute atomic E-state index is 10.3. The topological polar surface area (TPSA) is 20.2 Å². The molecule has 0 heterocycles. The molecule has 0 bridgehead atoms. The predicted octanol–water partition coefficient (Wildman–Crippen LogP) is 5.64. The van der Waals surface area contributed by atoms with Gasteiger partial charge in [-0.05, 0) is 16.4 Å². The summed E-state index contributed by atoms with van der Waals surface area (Å²) in [6.45, 7) is 14.4. The smallest absolute Gasteiger partial charge is 0.133 e. The molecule has 1 N–H and O–H groups in total. The monoisotopic (exact) mass is 290 g/mol. The molecular formula is C15H24Cl2O. The third kappa shape index (κ3) is 2.44. The zero-order valence-electron chi connectivity index (χ0n) is 12.4. The van der Waals surface area contributed by atoms with E-state index in [1.165, 1.54) is 0 Å². The van der Waals surface area contributed by atoms with Crippen LogP contribution in [0.15, 0.2) is 22.4 Å². The second kappa shape index (κ2) is 4.45. The molecule has 0 aromatic heterocycles. The summed E-state index contributed by atoms with van der Waals surface area (Å²) in [5.41, 5.74) is 0.497. The molecule has 0 aromatic rings. The van der Waals surface area contributed by atoms with E-state index in [1.54, 1.807) is 0 Å². The first-order valence-corrected chi connectivity index (χ1v) is 7.09. The zero-order chi connectivity index (χ0) is 14.5. The predicted molar refractivity (Wildman–Crippen MR) is 80.2 cm³/mol. The third-order valence-corrected chi connectivity index (χ3v) is 5.31. The average Bonchev–Trinajstić information content (AvgIpc) is 2.17. The van der Waals surface area contributed by atoms with Crippen molar-refractivity contribution in [2.24, 2.45) is 16.7 Å². The summed E-state index contributed by atoms with van der Waals surface area (Å²) >= 11 is 13.2. The molecule has 0 amide bonds. The molecule has 2 unspecified atom stereocenters. The second-order valence-electron chi connectivity index (χ2n) is 7.24. The van der Waals surface area contributed by atoms with Gasteiger partial charge in [-0.1, -0.05) is 66.1 Å². The summed E-state index contributed by atoms with van der Waals surface area (Å²) in [6.07, 6.45) is 2.00. The van der Waals surface area contributed by atoms with Crippen LogP contribution in [0.3, 0.4) is 0 Å². The van der Waals surface area contributed by atoms with Crippen molar-refractivity contribution in [2.45, 2.75) is 53.3 Å². The fourth-order valence-corrected chi connectivity index (χ4v) is 2.91. The Morgan fingerprint density at radius 2 is 1.61 bits per heavy atom. The number of aliphatic hydroxyl groups excluding tert-OH is 1. The van der Waals surface area contributed by atoms with Crippen LogP contribution in [0.2, 0.25) is 0 Å². The van der Waals surface area contributed by atoms with Gasteiger partial charge in [-0.3, -0.25) is 0 Å². The van der Waals surface area contributed by atoms with E-state index >= 15 is 0 Å². The Balaban J connectivity index is 3.49. The Kier molecular flexibility index (Phi) is 3.94. The van der Waals surface area contributed by atoms with Crippen LogP contribution in [0.1, 0.15) is 48.5 Å². The molecule has 18 heavy (non-hydrogen) atoms. The lowest BCUT2D eigenvalue weighted by atomic mass is 9.67. The SMILES string of the molecule is CC1C(Cl)=C(O)C(C(C)(C)C)=CC1(Cl)C(C)(C)C. The lowest BCUT2D eigenvalue weighted by molar-refractivity contribution is 0.251. The van der Waals surface area contributed by atoms with Gasteiger partial charge in [0.2, 0.25) is 0 Å². The van der Waals surface area contributed by atoms with Gasteiger partial charge < -0.3 is 5.11 Å². The van der Waals surface area contributed by atoms with Gasteiger partial charge in [-0.15, -0.1) is 11.6 Å². The Bertz CT molecular complexity index is 407. The molecule has 0 saturated carbocycles. The molecule has 2 atom stereocenters. The fourth-order valence-electron chi connectivity index (χ4n) is 2.36. The van der Waals surface area contributed by atoms with Crippen LogP contribution in [-0.2, 0) is 0 Å². The van der Waals surface area contributed by atoms with Crippen LogP contribution in [0, 0.1) is 16.7 Å². The molecule has 0 spiro atoms. The van der Waals surface area contributed by atoms with Crippen LogP contribution >= 0.6 is 23.2 Å². The molecule has 1 rings (SSSR count). The van der Waals surface area contributed by atoms with Crippen molar-refractivity contribution in [3.8, 4) is 0 Å². The third-order valence-electron chi connectivity index (χ3n) is 3.80. The van der Waals surface area contributed by atoms with Crippen LogP contribution < -0.4 is 0 Å². The van der Waals surface area contributed by atoms with Crippen LogP contribution in [-0.4, -0.2) is 9.98 Å². The van der Waals surface area contributed by atoms with Crippen LogP contribution in [0.5, 0.6) is 0 Å². The number of hydrogen-bond acceptors (Lipinski definition) is 1. The molecule has 0 aliphatic heterocycles. The normalized spacial score (nSPS) is 30.5. The lowest BCUT2D eigenvalue weighted by Gasteiger charge is -2.46. The van der Waals surface area contributed by atoms with Gasteiger partial charge in [-0.2, -0.15) is 0 Å². The minimum Gasteiger partial charge on any atom is -0.506 e. The van der Waals surface area contributed by atoms with Crippen molar-refractivity contribution in [1.82, 2.24) is 0 Å². The maximum atomic E-state index is 10.3. The van der Waals surface area contributed by atoms with Crippen molar-refractivity contribution in [2.75, 3.05) is 0 Å². The first-order chi connectivity index (χ1) is 7.82. The molecular weight excluding hydrogens is 267 g/mol. The van der Waals surface area contributed by atoms with E-state index in [2.05, 4.69) is 41.5 Å². The molecule has 0 fully saturated rings. The van der Waals surface area contributed by atoms with E-state index < -0.39 is 4.87 Å². The van der Waals surface area contributed by atoms with Gasteiger partial charge in [0.25, 0.3) is 0 Å². The Morgan fingerprint density at radius 3 is 1.94 bits per heavy atom. The quantitative estimate of drug-likeness (QED) is 0.572. The zero-order valence-corrected chi connectivity index (χ0v) is 13.9. The standard InChI is InChI=1S/C15H24Cl2O/c1-9-11(16)12(18)10(13(2,3)4)8-15(9,17)14(5,6)7/h8-9,18H,1-7H3. The molecule has 1 nitrogen and oxygen atoms in total. The summed E-state index contributed by atoms with van der Waals surface area (Å²) in [5.74, 6) is 0.0872. The van der Waals surface area contributed by atoms with E-state index in [-0.39, 0.29) is 22.5 Å². The van der Waals surface area contributed by atoms with Gasteiger partial charge in [0.1, 0.15) is 5.76 Å².